The summed E-state index contributed by atoms with van der Waals surface area (Å²) < 4.78 is 5.13. The monoisotopic (exact) mass is 225 g/mol. The second-order valence-corrected chi connectivity index (χ2v) is 4.09. The Bertz CT molecular complexity index is 388. The maximum absolute atomic E-state index is 9.95. The van der Waals surface area contributed by atoms with E-state index in [-0.39, 0.29) is 11.8 Å². The molecule has 0 spiro atoms. The molecule has 0 radical (unpaired) electrons. The molecule has 0 aromatic heterocycles. The van der Waals surface area contributed by atoms with Crippen molar-refractivity contribution in [3.8, 4) is 11.5 Å². The van der Waals surface area contributed by atoms with Crippen LogP contribution in [-0.4, -0.2) is 23.4 Å². The van der Waals surface area contributed by atoms with Gasteiger partial charge in [-0.25, -0.2) is 0 Å². The standard InChI is InChI=1S/C12H19NO3/c1-6-5-9(11(15)8(3)13)7(2)12(16-4)10(6)14/h5,8,11,14-15H,13H2,1-4H3. The Morgan fingerprint density at radius 1 is 1.38 bits per heavy atom. The van der Waals surface area contributed by atoms with Crippen molar-refractivity contribution in [2.45, 2.75) is 32.9 Å². The number of aliphatic hydroxyl groups is 1. The zero-order valence-corrected chi connectivity index (χ0v) is 10.1. The number of phenols is 1. The summed E-state index contributed by atoms with van der Waals surface area (Å²) in [5.41, 5.74) is 7.74. The third-order valence-electron chi connectivity index (χ3n) is 2.76. The number of hydrogen-bond donors (Lipinski definition) is 3. The summed E-state index contributed by atoms with van der Waals surface area (Å²) in [5.74, 6) is 0.510. The average molecular weight is 225 g/mol. The van der Waals surface area contributed by atoms with Crippen molar-refractivity contribution < 1.29 is 14.9 Å². The van der Waals surface area contributed by atoms with E-state index in [1.807, 2.05) is 0 Å². The number of rotatable bonds is 3. The normalized spacial score (nSPS) is 14.6. The van der Waals surface area contributed by atoms with Gasteiger partial charge in [0.2, 0.25) is 0 Å². The van der Waals surface area contributed by atoms with Crippen LogP contribution in [0.15, 0.2) is 6.07 Å². The third-order valence-corrected chi connectivity index (χ3v) is 2.76. The zero-order chi connectivity index (χ0) is 12.5. The van der Waals surface area contributed by atoms with Crippen molar-refractivity contribution in [2.75, 3.05) is 7.11 Å². The molecule has 90 valence electrons. The van der Waals surface area contributed by atoms with Gasteiger partial charge in [0.05, 0.1) is 13.2 Å². The number of ether oxygens (including phenoxy) is 1. The molecule has 0 saturated carbocycles. The number of aromatic hydroxyl groups is 1. The van der Waals surface area contributed by atoms with Gasteiger partial charge >= 0.3 is 0 Å². The summed E-state index contributed by atoms with van der Waals surface area (Å²) >= 11 is 0. The van der Waals surface area contributed by atoms with Crippen LogP contribution in [0.2, 0.25) is 0 Å². The molecule has 1 aromatic carbocycles. The van der Waals surface area contributed by atoms with Gasteiger partial charge in [-0.2, -0.15) is 0 Å². The number of aryl methyl sites for hydroxylation is 1. The number of nitrogens with two attached hydrogens (primary N) is 1. The Morgan fingerprint density at radius 2 is 1.94 bits per heavy atom. The molecule has 0 saturated heterocycles. The first-order chi connectivity index (χ1) is 7.40. The van der Waals surface area contributed by atoms with Crippen molar-refractivity contribution in [3.05, 3.63) is 22.8 Å². The molecular formula is C12H19NO3. The molecule has 2 atom stereocenters. The number of benzene rings is 1. The van der Waals surface area contributed by atoms with E-state index in [0.717, 1.165) is 5.56 Å². The van der Waals surface area contributed by atoms with Crippen molar-refractivity contribution in [1.82, 2.24) is 0 Å². The fourth-order valence-electron chi connectivity index (χ4n) is 1.74. The second kappa shape index (κ2) is 4.72. The minimum absolute atomic E-state index is 0.112. The van der Waals surface area contributed by atoms with Gasteiger partial charge in [-0.05, 0) is 38.0 Å². The summed E-state index contributed by atoms with van der Waals surface area (Å²) in [4.78, 5) is 0. The molecule has 1 aromatic rings. The van der Waals surface area contributed by atoms with E-state index in [1.165, 1.54) is 7.11 Å². The van der Waals surface area contributed by atoms with Crippen LogP contribution in [0.5, 0.6) is 11.5 Å². The van der Waals surface area contributed by atoms with Gasteiger partial charge in [0.15, 0.2) is 11.5 Å². The molecule has 16 heavy (non-hydrogen) atoms. The molecule has 1 rings (SSSR count). The van der Waals surface area contributed by atoms with Crippen LogP contribution < -0.4 is 10.5 Å². The lowest BCUT2D eigenvalue weighted by Crippen LogP contribution is -2.25. The summed E-state index contributed by atoms with van der Waals surface area (Å²) in [6, 6.07) is 1.37. The van der Waals surface area contributed by atoms with Gasteiger partial charge in [-0.1, -0.05) is 0 Å². The predicted octanol–water partition coefficient (Wildman–Crippen LogP) is 1.40. The van der Waals surface area contributed by atoms with Crippen LogP contribution in [0.3, 0.4) is 0 Å². The van der Waals surface area contributed by atoms with Crippen molar-refractivity contribution in [3.63, 3.8) is 0 Å². The zero-order valence-electron chi connectivity index (χ0n) is 10.1. The maximum Gasteiger partial charge on any atom is 0.164 e. The molecule has 0 amide bonds. The van der Waals surface area contributed by atoms with Crippen LogP contribution in [0, 0.1) is 13.8 Å². The highest BCUT2D eigenvalue weighted by Crippen LogP contribution is 2.37. The van der Waals surface area contributed by atoms with Gasteiger partial charge < -0.3 is 20.7 Å². The van der Waals surface area contributed by atoms with Crippen LogP contribution in [0.25, 0.3) is 0 Å². The van der Waals surface area contributed by atoms with E-state index in [4.69, 9.17) is 10.5 Å². The largest absolute Gasteiger partial charge is 0.504 e. The first kappa shape index (κ1) is 12.8. The second-order valence-electron chi connectivity index (χ2n) is 4.09. The van der Waals surface area contributed by atoms with Gasteiger partial charge in [-0.15, -0.1) is 0 Å². The lowest BCUT2D eigenvalue weighted by Gasteiger charge is -2.20. The van der Waals surface area contributed by atoms with E-state index in [9.17, 15) is 10.2 Å². The Morgan fingerprint density at radius 3 is 2.38 bits per heavy atom. The summed E-state index contributed by atoms with van der Waals surface area (Å²) in [5, 5.41) is 19.7. The predicted molar refractivity (Wildman–Crippen MR) is 62.7 cm³/mol. The molecule has 4 N–H and O–H groups in total. The molecule has 0 aliphatic rings. The third kappa shape index (κ3) is 2.13. The van der Waals surface area contributed by atoms with Crippen molar-refractivity contribution in [1.29, 1.82) is 0 Å². The number of phenolic OH excluding ortho intramolecular Hbond substituents is 1. The lowest BCUT2D eigenvalue weighted by atomic mass is 9.95. The van der Waals surface area contributed by atoms with Crippen molar-refractivity contribution in [2.24, 2.45) is 5.73 Å². The minimum Gasteiger partial charge on any atom is -0.504 e. The molecule has 2 unspecified atom stereocenters. The van der Waals surface area contributed by atoms with E-state index in [2.05, 4.69) is 0 Å². The van der Waals surface area contributed by atoms with E-state index >= 15 is 0 Å². The van der Waals surface area contributed by atoms with Crippen LogP contribution >= 0.6 is 0 Å². The van der Waals surface area contributed by atoms with E-state index in [1.54, 1.807) is 26.8 Å². The highest BCUT2D eigenvalue weighted by molar-refractivity contribution is 5.54. The minimum atomic E-state index is -0.756. The Labute approximate surface area is 95.7 Å². The van der Waals surface area contributed by atoms with Crippen molar-refractivity contribution >= 4 is 0 Å². The van der Waals surface area contributed by atoms with Gasteiger partial charge in [0.1, 0.15) is 0 Å². The van der Waals surface area contributed by atoms with Crippen LogP contribution in [0.4, 0.5) is 0 Å². The summed E-state index contributed by atoms with van der Waals surface area (Å²) in [6.45, 7) is 5.28. The summed E-state index contributed by atoms with van der Waals surface area (Å²) in [7, 11) is 1.49. The molecule has 4 nitrogen and oxygen atoms in total. The van der Waals surface area contributed by atoms with Gasteiger partial charge in [0, 0.05) is 11.6 Å². The smallest absolute Gasteiger partial charge is 0.164 e. The molecular weight excluding hydrogens is 206 g/mol. The fourth-order valence-corrected chi connectivity index (χ4v) is 1.74. The molecule has 0 bridgehead atoms. The Kier molecular flexibility index (Phi) is 3.78. The van der Waals surface area contributed by atoms with Gasteiger partial charge in [-0.3, -0.25) is 0 Å². The molecule has 0 fully saturated rings. The topological polar surface area (TPSA) is 75.7 Å². The maximum atomic E-state index is 9.95. The molecule has 0 aliphatic heterocycles. The average Bonchev–Trinajstić information content (AvgIpc) is 2.23. The first-order valence-electron chi connectivity index (χ1n) is 5.20. The molecule has 4 heteroatoms. The van der Waals surface area contributed by atoms with Crippen LogP contribution in [-0.2, 0) is 0 Å². The Hall–Kier alpha value is -1.26. The Balaban J connectivity index is 3.36. The van der Waals surface area contributed by atoms with Gasteiger partial charge in [0.25, 0.3) is 0 Å². The van der Waals surface area contributed by atoms with E-state index in [0.29, 0.717) is 16.9 Å². The summed E-state index contributed by atoms with van der Waals surface area (Å²) in [6.07, 6.45) is -0.756. The number of methoxy groups -OCH3 is 1. The fraction of sp³-hybridized carbons (Fsp3) is 0.500. The highest BCUT2D eigenvalue weighted by Gasteiger charge is 2.20. The molecule has 0 aliphatic carbocycles. The van der Waals surface area contributed by atoms with E-state index < -0.39 is 6.10 Å². The lowest BCUT2D eigenvalue weighted by molar-refractivity contribution is 0.152. The van der Waals surface area contributed by atoms with Crippen LogP contribution in [0.1, 0.15) is 29.7 Å². The molecule has 0 heterocycles. The SMILES string of the molecule is COc1c(C)c(C(O)C(C)N)cc(C)c1O. The quantitative estimate of drug-likeness (QED) is 0.726. The first-order valence-corrected chi connectivity index (χ1v) is 5.20. The highest BCUT2D eigenvalue weighted by atomic mass is 16.5. The number of aliphatic hydroxyl groups excluding tert-OH is 1. The number of hydrogen-bond acceptors (Lipinski definition) is 4.